The third-order valence-corrected chi connectivity index (χ3v) is 10.9. The van der Waals surface area contributed by atoms with Crippen molar-refractivity contribution in [2.45, 2.75) is 87.6 Å². The molecule has 0 N–H and O–H groups in total. The Kier molecular flexibility index (Phi) is 9.87. The van der Waals surface area contributed by atoms with Crippen molar-refractivity contribution < 1.29 is 33.1 Å². The zero-order valence-electron chi connectivity index (χ0n) is 31.2. The number of hydrogen-bond acceptors (Lipinski definition) is 7. The van der Waals surface area contributed by atoms with Crippen molar-refractivity contribution in [2.75, 3.05) is 20.8 Å². The van der Waals surface area contributed by atoms with Gasteiger partial charge in [0.25, 0.3) is 0 Å². The molecule has 5 atom stereocenters. The van der Waals surface area contributed by atoms with Crippen LogP contribution >= 0.6 is 0 Å². The van der Waals surface area contributed by atoms with E-state index in [2.05, 4.69) is 48.5 Å². The first kappa shape index (κ1) is 36.4. The first-order valence-electron chi connectivity index (χ1n) is 18.3. The third-order valence-electron chi connectivity index (χ3n) is 10.9. The normalized spacial score (nSPS) is 24.6. The van der Waals surface area contributed by atoms with Crippen LogP contribution in [0.1, 0.15) is 63.3 Å². The summed E-state index contributed by atoms with van der Waals surface area (Å²) >= 11 is 0. The molecule has 0 radical (unpaired) electrons. The van der Waals surface area contributed by atoms with Crippen LogP contribution in [0.25, 0.3) is 0 Å². The van der Waals surface area contributed by atoms with Gasteiger partial charge >= 0.3 is 13.2 Å². The predicted octanol–water partition coefficient (Wildman–Crippen LogP) is 8.20. The molecule has 0 unspecified atom stereocenters. The maximum atomic E-state index is 13.6. The number of rotatable bonds is 10. The highest BCUT2D eigenvalue weighted by Crippen LogP contribution is 2.59. The topological polar surface area (TPSA) is 75.7 Å². The fourth-order valence-electron chi connectivity index (χ4n) is 8.53. The van der Waals surface area contributed by atoms with Gasteiger partial charge in [-0.25, -0.2) is 4.79 Å². The lowest BCUT2D eigenvalue weighted by Crippen LogP contribution is -2.56. The van der Waals surface area contributed by atoms with Crippen molar-refractivity contribution in [1.29, 1.82) is 0 Å². The summed E-state index contributed by atoms with van der Waals surface area (Å²) in [5, 5.41) is 0. The number of benzene rings is 4. The van der Waals surface area contributed by atoms with Crippen LogP contribution in [0.2, 0.25) is 5.82 Å². The number of carbonyl (C=O) groups excluding carboxylic acids is 1. The Hall–Kier alpha value is -3.99. The van der Waals surface area contributed by atoms with Crippen LogP contribution in [-0.4, -0.2) is 68.5 Å². The number of ether oxygens (including phenoxy) is 4. The molecule has 7 rings (SSSR count). The van der Waals surface area contributed by atoms with Crippen molar-refractivity contribution in [3.63, 3.8) is 0 Å². The van der Waals surface area contributed by atoms with E-state index in [4.69, 9.17) is 28.3 Å². The second-order valence-electron chi connectivity index (χ2n) is 15.6. The fraction of sp³-hybridized carbons (Fsp3) is 0.419. The molecular formula is C43H50BNO7. The van der Waals surface area contributed by atoms with Crippen LogP contribution in [0.5, 0.6) is 0 Å². The lowest BCUT2D eigenvalue weighted by Gasteiger charge is -2.47. The molecule has 3 fully saturated rings. The Balaban J connectivity index is 1.35. The molecular weight excluding hydrogens is 653 g/mol. The zero-order chi connectivity index (χ0) is 36.7. The molecule has 2 aliphatic heterocycles. The molecule has 0 aromatic heterocycles. The van der Waals surface area contributed by atoms with Gasteiger partial charge in [-0.3, -0.25) is 4.90 Å². The van der Waals surface area contributed by atoms with Crippen molar-refractivity contribution in [2.24, 2.45) is 5.92 Å². The fourth-order valence-corrected chi connectivity index (χ4v) is 8.53. The summed E-state index contributed by atoms with van der Waals surface area (Å²) in [6.45, 7) is 9.89. The Morgan fingerprint density at radius 1 is 0.692 bits per heavy atom. The summed E-state index contributed by atoms with van der Waals surface area (Å²) < 4.78 is 40.3. The van der Waals surface area contributed by atoms with Crippen molar-refractivity contribution >= 4 is 13.2 Å². The molecule has 2 heterocycles. The summed E-state index contributed by atoms with van der Waals surface area (Å²) in [6, 6.07) is 40.7. The summed E-state index contributed by atoms with van der Waals surface area (Å²) in [6.07, 6.45) is -0.965. The van der Waals surface area contributed by atoms with E-state index >= 15 is 0 Å². The van der Waals surface area contributed by atoms with Crippen molar-refractivity contribution in [3.8, 4) is 0 Å². The van der Waals surface area contributed by atoms with Crippen LogP contribution in [0.15, 0.2) is 121 Å². The maximum Gasteiger partial charge on any atom is 0.461 e. The van der Waals surface area contributed by atoms with E-state index in [0.717, 1.165) is 28.7 Å². The SMILES string of the molecule is COC(c1ccccc1)(c1ccccc1)[C@@H]1OB([C@H]2C[C@H]2[C@@H]2COC(C)(C)N2C(=O)OC(C)(C)C)O[C@H]1C(OC)(c1ccccc1)c1ccccc1. The predicted molar refractivity (Wildman–Crippen MR) is 201 cm³/mol. The van der Waals surface area contributed by atoms with E-state index in [-0.39, 0.29) is 23.9 Å². The maximum absolute atomic E-state index is 13.6. The molecule has 4 aromatic rings. The summed E-state index contributed by atoms with van der Waals surface area (Å²) in [7, 11) is 2.85. The van der Waals surface area contributed by atoms with Crippen LogP contribution < -0.4 is 0 Å². The van der Waals surface area contributed by atoms with E-state index in [1.54, 1.807) is 19.1 Å². The molecule has 8 nitrogen and oxygen atoms in total. The molecule has 1 aliphatic carbocycles. The van der Waals surface area contributed by atoms with Gasteiger partial charge in [0, 0.05) is 14.2 Å². The first-order valence-corrected chi connectivity index (χ1v) is 18.3. The molecule has 1 amide bonds. The minimum atomic E-state index is -1.10. The van der Waals surface area contributed by atoms with Gasteiger partial charge in [-0.15, -0.1) is 0 Å². The van der Waals surface area contributed by atoms with E-state index in [1.807, 2.05) is 107 Å². The van der Waals surface area contributed by atoms with Gasteiger partial charge < -0.3 is 28.3 Å². The Morgan fingerprint density at radius 2 is 1.08 bits per heavy atom. The van der Waals surface area contributed by atoms with Gasteiger partial charge in [0.15, 0.2) is 0 Å². The Bertz CT molecular complexity index is 1620. The van der Waals surface area contributed by atoms with Gasteiger partial charge in [0.05, 0.1) is 12.6 Å². The number of carbonyl (C=O) groups is 1. The smallest absolute Gasteiger partial charge is 0.444 e. The van der Waals surface area contributed by atoms with Gasteiger partial charge in [0.2, 0.25) is 0 Å². The molecule has 0 bridgehead atoms. The van der Waals surface area contributed by atoms with E-state index in [0.29, 0.717) is 6.61 Å². The monoisotopic (exact) mass is 703 g/mol. The van der Waals surface area contributed by atoms with E-state index in [9.17, 15) is 4.79 Å². The molecule has 52 heavy (non-hydrogen) atoms. The molecule has 2 saturated heterocycles. The third kappa shape index (κ3) is 6.37. The van der Waals surface area contributed by atoms with E-state index < -0.39 is 41.9 Å². The van der Waals surface area contributed by atoms with Gasteiger partial charge in [-0.1, -0.05) is 121 Å². The minimum absolute atomic E-state index is 0.0258. The first-order chi connectivity index (χ1) is 25.0. The molecule has 272 valence electrons. The van der Waals surface area contributed by atoms with Crippen LogP contribution in [-0.2, 0) is 39.5 Å². The highest BCUT2D eigenvalue weighted by atomic mass is 16.7. The molecule has 4 aromatic carbocycles. The Labute approximate surface area is 308 Å². The minimum Gasteiger partial charge on any atom is -0.444 e. The number of methoxy groups -OCH3 is 2. The quantitative estimate of drug-likeness (QED) is 0.154. The average molecular weight is 704 g/mol. The summed E-state index contributed by atoms with van der Waals surface area (Å²) in [4.78, 5) is 15.4. The van der Waals surface area contributed by atoms with Crippen LogP contribution in [0, 0.1) is 5.92 Å². The number of amides is 1. The van der Waals surface area contributed by atoms with Crippen molar-refractivity contribution in [1.82, 2.24) is 4.90 Å². The highest BCUT2D eigenvalue weighted by Gasteiger charge is 2.67. The van der Waals surface area contributed by atoms with Crippen LogP contribution in [0.3, 0.4) is 0 Å². The number of nitrogens with zero attached hydrogens (tertiary/aromatic N) is 1. The zero-order valence-corrected chi connectivity index (χ0v) is 31.2. The van der Waals surface area contributed by atoms with Crippen molar-refractivity contribution in [3.05, 3.63) is 144 Å². The molecule has 3 aliphatic rings. The van der Waals surface area contributed by atoms with E-state index in [1.165, 1.54) is 0 Å². The van der Waals surface area contributed by atoms with Gasteiger partial charge in [0.1, 0.15) is 34.7 Å². The second-order valence-corrected chi connectivity index (χ2v) is 15.6. The lowest BCUT2D eigenvalue weighted by atomic mass is 9.71. The average Bonchev–Trinajstić information content (AvgIpc) is 3.70. The molecule has 9 heteroatoms. The van der Waals surface area contributed by atoms with Gasteiger partial charge in [-0.05, 0) is 75.0 Å². The van der Waals surface area contributed by atoms with Gasteiger partial charge in [-0.2, -0.15) is 0 Å². The number of hydrogen-bond donors (Lipinski definition) is 0. The standard InChI is InChI=1S/C43H50BNO7/c1-40(2,3)50-39(46)45-36(29-49-41(45,4)5)34-28-35(34)44-51-37(42(47-6,30-20-12-8-13-21-30)31-22-14-9-15-23-31)38(52-44)43(48-7,32-24-16-10-17-25-32)33-26-18-11-19-27-33/h8-27,34-38H,28-29H2,1-7H3/t34-,35+,36+,37-,38-/m1/s1. The largest absolute Gasteiger partial charge is 0.461 e. The summed E-state index contributed by atoms with van der Waals surface area (Å²) in [5.74, 6) is 0.0385. The second kappa shape index (κ2) is 14.1. The molecule has 1 saturated carbocycles. The lowest BCUT2D eigenvalue weighted by molar-refractivity contribution is -0.136. The highest BCUT2D eigenvalue weighted by molar-refractivity contribution is 6.48. The molecule has 0 spiro atoms. The summed E-state index contributed by atoms with van der Waals surface area (Å²) in [5.41, 5.74) is 0.0820. The van der Waals surface area contributed by atoms with Crippen LogP contribution in [0.4, 0.5) is 4.79 Å². The Morgan fingerprint density at radius 3 is 1.42 bits per heavy atom.